The third-order valence-corrected chi connectivity index (χ3v) is 2.44. The maximum Gasteiger partial charge on any atom is 0.407 e. The van der Waals surface area contributed by atoms with Gasteiger partial charge in [0.2, 0.25) is 0 Å². The molecule has 0 aliphatic carbocycles. The Kier molecular flexibility index (Phi) is 3.87. The van der Waals surface area contributed by atoms with Crippen LogP contribution >= 0.6 is 0 Å². The molecule has 96 valence electrons. The van der Waals surface area contributed by atoms with Crippen LogP contribution < -0.4 is 15.2 Å². The van der Waals surface area contributed by atoms with Crippen molar-refractivity contribution in [2.75, 3.05) is 14.2 Å². The van der Waals surface area contributed by atoms with Gasteiger partial charge in [-0.3, -0.25) is 0 Å². The Balaban J connectivity index is 3.32. The highest BCUT2D eigenvalue weighted by atomic mass is 19.4. The monoisotopic (exact) mass is 249 g/mol. The fraction of sp³-hybridized carbons (Fsp3) is 0.455. The fourth-order valence-electron chi connectivity index (χ4n) is 1.58. The molecule has 0 heterocycles. The van der Waals surface area contributed by atoms with E-state index in [1.807, 2.05) is 0 Å². The van der Waals surface area contributed by atoms with Gasteiger partial charge in [0.1, 0.15) is 17.5 Å². The van der Waals surface area contributed by atoms with E-state index in [2.05, 4.69) is 0 Å². The Morgan fingerprint density at radius 1 is 1.18 bits per heavy atom. The molecular weight excluding hydrogens is 235 g/mol. The van der Waals surface area contributed by atoms with Crippen molar-refractivity contribution in [3.8, 4) is 11.5 Å². The second-order valence-corrected chi connectivity index (χ2v) is 3.58. The Morgan fingerprint density at radius 3 is 2.18 bits per heavy atom. The number of methoxy groups -OCH3 is 2. The standard InChI is InChI=1S/C11H14F3NO2/c1-6-4-7(16-2)5-8(17-3)9(6)10(15)11(12,13)14/h4-5,10H,15H2,1-3H3. The number of alkyl halides is 3. The van der Waals surface area contributed by atoms with Gasteiger partial charge in [-0.2, -0.15) is 13.2 Å². The van der Waals surface area contributed by atoms with E-state index < -0.39 is 12.2 Å². The predicted molar refractivity (Wildman–Crippen MR) is 57.3 cm³/mol. The number of aryl methyl sites for hydroxylation is 1. The SMILES string of the molecule is COc1cc(C)c(C(N)C(F)(F)F)c(OC)c1. The van der Waals surface area contributed by atoms with Crippen molar-refractivity contribution in [2.24, 2.45) is 5.73 Å². The molecule has 1 unspecified atom stereocenters. The predicted octanol–water partition coefficient (Wildman–Crippen LogP) is 2.57. The maximum absolute atomic E-state index is 12.6. The van der Waals surface area contributed by atoms with Gasteiger partial charge in [-0.15, -0.1) is 0 Å². The van der Waals surface area contributed by atoms with E-state index in [4.69, 9.17) is 15.2 Å². The highest BCUT2D eigenvalue weighted by Gasteiger charge is 2.40. The fourth-order valence-corrected chi connectivity index (χ4v) is 1.58. The third-order valence-electron chi connectivity index (χ3n) is 2.44. The lowest BCUT2D eigenvalue weighted by Crippen LogP contribution is -2.29. The maximum atomic E-state index is 12.6. The molecule has 0 bridgehead atoms. The summed E-state index contributed by atoms with van der Waals surface area (Å²) < 4.78 is 47.7. The van der Waals surface area contributed by atoms with E-state index in [1.165, 1.54) is 33.3 Å². The molecule has 1 rings (SSSR count). The van der Waals surface area contributed by atoms with Crippen molar-refractivity contribution >= 4 is 0 Å². The van der Waals surface area contributed by atoms with Crippen LogP contribution in [0.25, 0.3) is 0 Å². The molecule has 2 N–H and O–H groups in total. The zero-order valence-electron chi connectivity index (χ0n) is 9.76. The molecule has 1 atom stereocenters. The molecule has 6 heteroatoms. The molecular formula is C11H14F3NO2. The molecule has 3 nitrogen and oxygen atoms in total. The first-order valence-electron chi connectivity index (χ1n) is 4.86. The molecule has 0 spiro atoms. The number of hydrogen-bond acceptors (Lipinski definition) is 3. The second-order valence-electron chi connectivity index (χ2n) is 3.58. The van der Waals surface area contributed by atoms with Crippen LogP contribution in [0.1, 0.15) is 17.2 Å². The van der Waals surface area contributed by atoms with E-state index in [-0.39, 0.29) is 11.3 Å². The Labute approximate surface area is 97.3 Å². The first-order chi connectivity index (χ1) is 7.81. The summed E-state index contributed by atoms with van der Waals surface area (Å²) in [6.07, 6.45) is -4.51. The molecule has 0 aliphatic heterocycles. The minimum atomic E-state index is -4.51. The number of halogens is 3. The van der Waals surface area contributed by atoms with Gasteiger partial charge in [-0.05, 0) is 18.6 Å². The quantitative estimate of drug-likeness (QED) is 0.895. The van der Waals surface area contributed by atoms with E-state index in [0.717, 1.165) is 0 Å². The van der Waals surface area contributed by atoms with Crippen molar-refractivity contribution in [1.82, 2.24) is 0 Å². The molecule has 0 saturated heterocycles. The topological polar surface area (TPSA) is 44.5 Å². The average molecular weight is 249 g/mol. The van der Waals surface area contributed by atoms with Crippen molar-refractivity contribution in [3.63, 3.8) is 0 Å². The summed E-state index contributed by atoms with van der Waals surface area (Å²) in [5.74, 6) is 0.504. The van der Waals surface area contributed by atoms with Crippen LogP contribution in [-0.4, -0.2) is 20.4 Å². The summed E-state index contributed by atoms with van der Waals surface area (Å²) in [6.45, 7) is 1.53. The molecule has 0 saturated carbocycles. The van der Waals surface area contributed by atoms with Crippen molar-refractivity contribution < 1.29 is 22.6 Å². The van der Waals surface area contributed by atoms with Crippen molar-refractivity contribution in [1.29, 1.82) is 0 Å². The van der Waals surface area contributed by atoms with Crippen LogP contribution in [0.5, 0.6) is 11.5 Å². The molecule has 1 aromatic carbocycles. The van der Waals surface area contributed by atoms with Gasteiger partial charge in [0.05, 0.1) is 14.2 Å². The molecule has 0 radical (unpaired) electrons. The number of nitrogens with two attached hydrogens (primary N) is 1. The highest BCUT2D eigenvalue weighted by molar-refractivity contribution is 5.48. The average Bonchev–Trinajstić information content (AvgIpc) is 2.25. The smallest absolute Gasteiger partial charge is 0.407 e. The van der Waals surface area contributed by atoms with E-state index in [1.54, 1.807) is 0 Å². The molecule has 0 aromatic heterocycles. The summed E-state index contributed by atoms with van der Waals surface area (Å²) in [5.41, 5.74) is 5.51. The lowest BCUT2D eigenvalue weighted by Gasteiger charge is -2.21. The first-order valence-corrected chi connectivity index (χ1v) is 4.86. The first kappa shape index (κ1) is 13.6. The van der Waals surface area contributed by atoms with Gasteiger partial charge in [0.15, 0.2) is 0 Å². The summed E-state index contributed by atoms with van der Waals surface area (Å²) in [5, 5.41) is 0. The zero-order valence-corrected chi connectivity index (χ0v) is 9.76. The van der Waals surface area contributed by atoms with Gasteiger partial charge in [0.25, 0.3) is 0 Å². The number of ether oxygens (including phenoxy) is 2. The van der Waals surface area contributed by atoms with Crippen LogP contribution in [0.2, 0.25) is 0 Å². The van der Waals surface area contributed by atoms with Crippen LogP contribution in [0.15, 0.2) is 12.1 Å². The van der Waals surface area contributed by atoms with E-state index in [9.17, 15) is 13.2 Å². The van der Waals surface area contributed by atoms with Gasteiger partial charge in [-0.25, -0.2) is 0 Å². The van der Waals surface area contributed by atoms with Crippen molar-refractivity contribution in [2.45, 2.75) is 19.1 Å². The third kappa shape index (κ3) is 2.82. The molecule has 17 heavy (non-hydrogen) atoms. The lowest BCUT2D eigenvalue weighted by atomic mass is 10.00. The summed E-state index contributed by atoms with van der Waals surface area (Å²) in [7, 11) is 2.72. The summed E-state index contributed by atoms with van der Waals surface area (Å²) >= 11 is 0. The van der Waals surface area contributed by atoms with Crippen LogP contribution in [0.3, 0.4) is 0 Å². The number of rotatable bonds is 3. The lowest BCUT2D eigenvalue weighted by molar-refractivity contribution is -0.149. The van der Waals surface area contributed by atoms with Crippen LogP contribution in [0, 0.1) is 6.92 Å². The largest absolute Gasteiger partial charge is 0.497 e. The van der Waals surface area contributed by atoms with Crippen LogP contribution in [-0.2, 0) is 0 Å². The second kappa shape index (κ2) is 4.83. The van der Waals surface area contributed by atoms with Gasteiger partial charge >= 0.3 is 6.18 Å². The van der Waals surface area contributed by atoms with Crippen LogP contribution in [0.4, 0.5) is 13.2 Å². The van der Waals surface area contributed by atoms with E-state index in [0.29, 0.717) is 11.3 Å². The Morgan fingerprint density at radius 2 is 1.76 bits per heavy atom. The molecule has 0 aliphatic rings. The number of hydrogen-bond donors (Lipinski definition) is 1. The Bertz CT molecular complexity index is 404. The van der Waals surface area contributed by atoms with E-state index >= 15 is 0 Å². The van der Waals surface area contributed by atoms with Gasteiger partial charge < -0.3 is 15.2 Å². The van der Waals surface area contributed by atoms with Crippen molar-refractivity contribution in [3.05, 3.63) is 23.3 Å². The van der Waals surface area contributed by atoms with Gasteiger partial charge in [-0.1, -0.05) is 0 Å². The summed E-state index contributed by atoms with van der Waals surface area (Å²) in [6, 6.07) is 0.806. The highest BCUT2D eigenvalue weighted by Crippen LogP contribution is 2.39. The molecule has 0 fully saturated rings. The minimum absolute atomic E-state index is 0.0687. The normalized spacial score (nSPS) is 13.4. The number of benzene rings is 1. The Hall–Kier alpha value is -1.43. The summed E-state index contributed by atoms with van der Waals surface area (Å²) in [4.78, 5) is 0. The minimum Gasteiger partial charge on any atom is -0.497 e. The zero-order chi connectivity index (χ0) is 13.2. The van der Waals surface area contributed by atoms with Gasteiger partial charge in [0, 0.05) is 11.6 Å². The molecule has 0 amide bonds. The molecule has 1 aromatic rings.